The predicted molar refractivity (Wildman–Crippen MR) is 58.0 cm³/mol. The lowest BCUT2D eigenvalue weighted by atomic mass is 10.1. The summed E-state index contributed by atoms with van der Waals surface area (Å²) in [6.45, 7) is -0.300. The Morgan fingerprint density at radius 3 is 2.00 bits per heavy atom. The number of carboxylic acid groups (broad SMARTS) is 1. The van der Waals surface area contributed by atoms with Crippen molar-refractivity contribution >= 4 is 11.9 Å². The van der Waals surface area contributed by atoms with Crippen LogP contribution in [0.2, 0.25) is 0 Å². The Balaban J connectivity index is 5.06. The van der Waals surface area contributed by atoms with Gasteiger partial charge in [-0.25, -0.2) is 0 Å². The highest BCUT2D eigenvalue weighted by Crippen LogP contribution is 2.39. The Labute approximate surface area is 117 Å². The molecule has 21 heavy (non-hydrogen) atoms. The Morgan fingerprint density at radius 2 is 1.67 bits per heavy atom. The maximum absolute atomic E-state index is 13.0. The Morgan fingerprint density at radius 1 is 1.19 bits per heavy atom. The average molecular weight is 321 g/mol. The Kier molecular flexibility index (Phi) is 6.09. The van der Waals surface area contributed by atoms with Gasteiger partial charge >= 0.3 is 18.1 Å². The topological polar surface area (TPSA) is 66.4 Å². The van der Waals surface area contributed by atoms with E-state index in [0.29, 0.717) is 0 Å². The molecule has 0 fully saturated rings. The Hall–Kier alpha value is -1.45. The summed E-state index contributed by atoms with van der Waals surface area (Å²) in [4.78, 5) is 21.3. The number of aliphatic carboxylic acids is 1. The molecule has 0 bridgehead atoms. The molecule has 0 aromatic carbocycles. The largest absolute Gasteiger partial charge is 0.544 e. The molecule has 0 aromatic rings. The Bertz CT molecular complexity index is 395. The molecule has 124 valence electrons. The maximum Gasteiger partial charge on any atom is 0.453 e. The standard InChI is InChI=1S/C11H16F5NO4/c1-7(18)21-8(4-10(12,13)11(14,15)16)5-17(2,3)6-9(19)20/h8H,4-6H2,1-3H3. The fourth-order valence-corrected chi connectivity index (χ4v) is 1.75. The van der Waals surface area contributed by atoms with Crippen molar-refractivity contribution in [3.63, 3.8) is 0 Å². The number of halogens is 5. The number of likely N-dealkylation sites (N-methyl/N-ethyl adjacent to an activating group) is 1. The van der Waals surface area contributed by atoms with Gasteiger partial charge in [0.1, 0.15) is 13.1 Å². The minimum absolute atomic E-state index is 0.478. The molecule has 0 heterocycles. The molecule has 0 aromatic heterocycles. The summed E-state index contributed by atoms with van der Waals surface area (Å²) in [5.74, 6) is -7.59. The van der Waals surface area contributed by atoms with Crippen LogP contribution in [0.25, 0.3) is 0 Å². The normalized spacial score (nSPS) is 14.7. The van der Waals surface area contributed by atoms with Crippen LogP contribution in [0.5, 0.6) is 0 Å². The number of quaternary nitrogens is 1. The van der Waals surface area contributed by atoms with Crippen LogP contribution in [-0.2, 0) is 14.3 Å². The number of carbonyl (C=O) groups excluding carboxylic acids is 2. The number of nitrogens with zero attached hydrogens (tertiary/aromatic N) is 1. The van der Waals surface area contributed by atoms with Gasteiger partial charge in [0, 0.05) is 6.92 Å². The molecular weight excluding hydrogens is 305 g/mol. The monoisotopic (exact) mass is 321 g/mol. The zero-order valence-corrected chi connectivity index (χ0v) is 11.7. The lowest BCUT2D eigenvalue weighted by molar-refractivity contribution is -0.887. The highest BCUT2D eigenvalue weighted by atomic mass is 19.4. The number of ether oxygens (including phenoxy) is 1. The van der Waals surface area contributed by atoms with Crippen molar-refractivity contribution in [3.05, 3.63) is 0 Å². The van der Waals surface area contributed by atoms with E-state index in [1.807, 2.05) is 0 Å². The van der Waals surface area contributed by atoms with Gasteiger partial charge in [-0.15, -0.1) is 0 Å². The van der Waals surface area contributed by atoms with E-state index >= 15 is 0 Å². The van der Waals surface area contributed by atoms with Crippen LogP contribution in [0, 0.1) is 0 Å². The van der Waals surface area contributed by atoms with E-state index in [0.717, 1.165) is 6.92 Å². The second-order valence-electron chi connectivity index (χ2n) is 5.29. The second-order valence-corrected chi connectivity index (χ2v) is 5.29. The predicted octanol–water partition coefficient (Wildman–Crippen LogP) is 0.332. The van der Waals surface area contributed by atoms with Crippen molar-refractivity contribution in [1.29, 1.82) is 0 Å². The highest BCUT2D eigenvalue weighted by Gasteiger charge is 2.59. The zero-order valence-electron chi connectivity index (χ0n) is 11.7. The van der Waals surface area contributed by atoms with Gasteiger partial charge in [-0.2, -0.15) is 22.0 Å². The van der Waals surface area contributed by atoms with E-state index in [1.54, 1.807) is 0 Å². The molecule has 0 aliphatic heterocycles. The number of hydrogen-bond donors (Lipinski definition) is 0. The van der Waals surface area contributed by atoms with Gasteiger partial charge in [0.05, 0.1) is 26.5 Å². The summed E-state index contributed by atoms with van der Waals surface area (Å²) in [7, 11) is 2.55. The third-order valence-corrected chi connectivity index (χ3v) is 2.49. The molecule has 0 aliphatic rings. The SMILES string of the molecule is CC(=O)OC(CC(F)(F)C(F)(F)F)C[N+](C)(C)CC(=O)[O-]. The second kappa shape index (κ2) is 6.54. The summed E-state index contributed by atoms with van der Waals surface area (Å²) in [6.07, 6.45) is -9.34. The molecule has 1 unspecified atom stereocenters. The number of alkyl halides is 5. The zero-order chi connectivity index (χ0) is 17.1. The quantitative estimate of drug-likeness (QED) is 0.385. The maximum atomic E-state index is 13.0. The first-order chi connectivity index (χ1) is 9.16. The number of rotatable bonds is 7. The first-order valence-electron chi connectivity index (χ1n) is 5.80. The van der Waals surface area contributed by atoms with Crippen LogP contribution >= 0.6 is 0 Å². The van der Waals surface area contributed by atoms with Crippen LogP contribution in [0.4, 0.5) is 22.0 Å². The van der Waals surface area contributed by atoms with Crippen LogP contribution in [0.3, 0.4) is 0 Å². The van der Waals surface area contributed by atoms with Gasteiger partial charge in [-0.1, -0.05) is 0 Å². The molecule has 1 atom stereocenters. The molecule has 0 saturated heterocycles. The summed E-state index contributed by atoms with van der Waals surface area (Å²) in [6, 6.07) is 0. The van der Waals surface area contributed by atoms with Gasteiger partial charge in [0.15, 0.2) is 6.10 Å². The van der Waals surface area contributed by atoms with E-state index in [-0.39, 0.29) is 0 Å². The molecule has 10 heteroatoms. The molecule has 5 nitrogen and oxygen atoms in total. The van der Waals surface area contributed by atoms with Crippen LogP contribution in [0.1, 0.15) is 13.3 Å². The lowest BCUT2D eigenvalue weighted by Gasteiger charge is -2.34. The van der Waals surface area contributed by atoms with Crippen molar-refractivity contribution in [2.24, 2.45) is 0 Å². The fourth-order valence-electron chi connectivity index (χ4n) is 1.75. The van der Waals surface area contributed by atoms with Crippen molar-refractivity contribution in [2.75, 3.05) is 27.2 Å². The molecular formula is C11H16F5NO4. The number of esters is 1. The minimum atomic E-state index is -5.78. The first-order valence-corrected chi connectivity index (χ1v) is 5.80. The molecule has 0 saturated carbocycles. The van der Waals surface area contributed by atoms with E-state index in [1.165, 1.54) is 14.1 Å². The first kappa shape index (κ1) is 19.6. The van der Waals surface area contributed by atoms with Crippen molar-refractivity contribution in [2.45, 2.75) is 31.5 Å². The molecule has 0 amide bonds. The third kappa shape index (κ3) is 7.21. The van der Waals surface area contributed by atoms with Gasteiger partial charge in [-0.05, 0) is 0 Å². The van der Waals surface area contributed by atoms with Gasteiger partial charge in [0.25, 0.3) is 0 Å². The van der Waals surface area contributed by atoms with Crippen LogP contribution < -0.4 is 5.11 Å². The van der Waals surface area contributed by atoms with E-state index in [9.17, 15) is 36.6 Å². The molecule has 0 N–H and O–H groups in total. The van der Waals surface area contributed by atoms with Crippen molar-refractivity contribution < 1.29 is 45.9 Å². The summed E-state index contributed by atoms with van der Waals surface area (Å²) in [5.41, 5.74) is 0. The fraction of sp³-hybridized carbons (Fsp3) is 0.818. The summed E-state index contributed by atoms with van der Waals surface area (Å²) >= 11 is 0. The molecule has 0 rings (SSSR count). The molecule has 0 aliphatic carbocycles. The smallest absolute Gasteiger partial charge is 0.453 e. The van der Waals surface area contributed by atoms with Crippen molar-refractivity contribution in [3.8, 4) is 0 Å². The van der Waals surface area contributed by atoms with Gasteiger partial charge in [-0.3, -0.25) is 4.79 Å². The van der Waals surface area contributed by atoms with E-state index < -0.39 is 54.1 Å². The van der Waals surface area contributed by atoms with Gasteiger partial charge in [0.2, 0.25) is 0 Å². The summed E-state index contributed by atoms with van der Waals surface area (Å²) < 4.78 is 66.5. The minimum Gasteiger partial charge on any atom is -0.544 e. The third-order valence-electron chi connectivity index (χ3n) is 2.49. The van der Waals surface area contributed by atoms with Crippen LogP contribution in [0.15, 0.2) is 0 Å². The van der Waals surface area contributed by atoms with Crippen LogP contribution in [-0.4, -0.2) is 61.8 Å². The average Bonchev–Trinajstić information content (AvgIpc) is 2.08. The number of hydrogen-bond acceptors (Lipinski definition) is 4. The van der Waals surface area contributed by atoms with E-state index in [2.05, 4.69) is 4.74 Å². The highest BCUT2D eigenvalue weighted by molar-refractivity contribution is 5.66. The van der Waals surface area contributed by atoms with Gasteiger partial charge < -0.3 is 19.1 Å². The summed E-state index contributed by atoms with van der Waals surface area (Å²) in [5, 5.41) is 10.5. The number of carbonyl (C=O) groups is 2. The number of carboxylic acids is 1. The van der Waals surface area contributed by atoms with Crippen molar-refractivity contribution in [1.82, 2.24) is 0 Å². The molecule has 0 radical (unpaired) electrons. The van der Waals surface area contributed by atoms with E-state index in [4.69, 9.17) is 0 Å². The molecule has 0 spiro atoms. The lowest BCUT2D eigenvalue weighted by Crippen LogP contribution is -2.54.